The molecule has 4 nitrogen and oxygen atoms in total. The summed E-state index contributed by atoms with van der Waals surface area (Å²) in [6, 6.07) is 36.9. The third-order valence-electron chi connectivity index (χ3n) is 5.16. The molecule has 0 heterocycles. The van der Waals surface area contributed by atoms with Gasteiger partial charge in [0.1, 0.15) is 0 Å². The molecule has 0 aromatic heterocycles. The van der Waals surface area contributed by atoms with Crippen molar-refractivity contribution >= 4 is 34.1 Å². The Bertz CT molecular complexity index is 1080. The first-order chi connectivity index (χ1) is 16.5. The Morgan fingerprint density at radius 2 is 0.912 bits per heavy atom. The third-order valence-corrected chi connectivity index (χ3v) is 5.16. The molecular formula is C30H36N4. The summed E-state index contributed by atoms with van der Waals surface area (Å²) in [7, 11) is 0. The maximum absolute atomic E-state index is 5.59. The van der Waals surface area contributed by atoms with Crippen LogP contribution in [0, 0.1) is 5.92 Å². The van der Waals surface area contributed by atoms with Gasteiger partial charge in [-0.25, -0.2) is 0 Å². The molecule has 0 radical (unpaired) electrons. The van der Waals surface area contributed by atoms with Crippen molar-refractivity contribution in [3.8, 4) is 0 Å². The van der Waals surface area contributed by atoms with Gasteiger partial charge in [0.05, 0.1) is 0 Å². The average Bonchev–Trinajstić information content (AvgIpc) is 2.83. The minimum atomic E-state index is 0.503. The lowest BCUT2D eigenvalue weighted by atomic mass is 10.1. The van der Waals surface area contributed by atoms with Gasteiger partial charge in [-0.15, -0.1) is 0 Å². The number of nitrogens with one attached hydrogen (secondary N) is 3. The maximum Gasteiger partial charge on any atom is 0.0385 e. The van der Waals surface area contributed by atoms with Gasteiger partial charge in [0.15, 0.2) is 0 Å². The predicted octanol–water partition coefficient (Wildman–Crippen LogP) is 8.29. The smallest absolute Gasteiger partial charge is 0.0385 e. The normalized spacial score (nSPS) is 11.2. The second kappa shape index (κ2) is 12.9. The highest BCUT2D eigenvalue weighted by molar-refractivity contribution is 5.63. The lowest BCUT2D eigenvalue weighted by Crippen LogP contribution is -2.17. The van der Waals surface area contributed by atoms with Crippen LogP contribution >= 0.6 is 0 Å². The average molecular weight is 453 g/mol. The van der Waals surface area contributed by atoms with Crippen LogP contribution in [0.1, 0.15) is 27.2 Å². The fourth-order valence-corrected chi connectivity index (χ4v) is 3.64. The highest BCUT2D eigenvalue weighted by atomic mass is 14.9. The van der Waals surface area contributed by atoms with Crippen LogP contribution in [-0.4, -0.2) is 6.04 Å². The van der Waals surface area contributed by atoms with Gasteiger partial charge in [-0.2, -0.15) is 0 Å². The van der Waals surface area contributed by atoms with E-state index in [2.05, 4.69) is 73.1 Å². The molecule has 0 spiro atoms. The summed E-state index contributed by atoms with van der Waals surface area (Å²) < 4.78 is 0. The minimum absolute atomic E-state index is 0.503. The number of hydrogen-bond donors (Lipinski definition) is 4. The second-order valence-electron chi connectivity index (χ2n) is 8.86. The van der Waals surface area contributed by atoms with E-state index in [0.717, 1.165) is 34.4 Å². The van der Waals surface area contributed by atoms with Crippen molar-refractivity contribution in [1.82, 2.24) is 0 Å². The summed E-state index contributed by atoms with van der Waals surface area (Å²) in [6.45, 7) is 6.74. The van der Waals surface area contributed by atoms with E-state index >= 15 is 0 Å². The van der Waals surface area contributed by atoms with E-state index in [1.807, 2.05) is 72.8 Å². The number of benzene rings is 4. The summed E-state index contributed by atoms with van der Waals surface area (Å²) in [5, 5.41) is 10.2. The van der Waals surface area contributed by atoms with Crippen molar-refractivity contribution in [2.45, 2.75) is 33.2 Å². The first kappa shape index (κ1) is 24.7. The van der Waals surface area contributed by atoms with E-state index in [-0.39, 0.29) is 0 Å². The lowest BCUT2D eigenvalue weighted by molar-refractivity contribution is 0.540. The Morgan fingerprint density at radius 1 is 0.529 bits per heavy atom. The molecule has 0 aliphatic heterocycles. The molecule has 4 rings (SSSR count). The van der Waals surface area contributed by atoms with Crippen molar-refractivity contribution in [1.29, 1.82) is 0 Å². The van der Waals surface area contributed by atoms with E-state index in [9.17, 15) is 0 Å². The van der Waals surface area contributed by atoms with Crippen LogP contribution in [0.4, 0.5) is 34.1 Å². The van der Waals surface area contributed by atoms with E-state index in [0.29, 0.717) is 6.04 Å². The fraction of sp³-hybridized carbons (Fsp3) is 0.200. The molecule has 0 saturated carbocycles. The summed E-state index contributed by atoms with van der Waals surface area (Å²) >= 11 is 0. The first-order valence-electron chi connectivity index (χ1n) is 11.8. The molecule has 0 saturated heterocycles. The van der Waals surface area contributed by atoms with E-state index in [1.165, 1.54) is 12.1 Å². The van der Waals surface area contributed by atoms with E-state index < -0.39 is 0 Å². The highest BCUT2D eigenvalue weighted by Crippen LogP contribution is 2.20. The van der Waals surface area contributed by atoms with Gasteiger partial charge in [0, 0.05) is 40.2 Å². The van der Waals surface area contributed by atoms with E-state index in [4.69, 9.17) is 5.73 Å². The lowest BCUT2D eigenvalue weighted by Gasteiger charge is -2.17. The first-order valence-corrected chi connectivity index (χ1v) is 11.8. The minimum Gasteiger partial charge on any atom is -0.399 e. The van der Waals surface area contributed by atoms with Crippen LogP contribution < -0.4 is 21.7 Å². The Kier molecular flexibility index (Phi) is 9.41. The van der Waals surface area contributed by atoms with Crippen molar-refractivity contribution in [2.75, 3.05) is 21.7 Å². The van der Waals surface area contributed by atoms with Crippen molar-refractivity contribution in [3.63, 3.8) is 0 Å². The summed E-state index contributed by atoms with van der Waals surface area (Å²) in [5.74, 6) is 0.719. The topological polar surface area (TPSA) is 62.1 Å². The highest BCUT2D eigenvalue weighted by Gasteiger charge is 2.04. The van der Waals surface area contributed by atoms with Crippen LogP contribution in [0.3, 0.4) is 0 Å². The standard InChI is InChI=1S/C18H24N2.C12H12N2/c1-14(2)13-15(3)19-17-9-11-18(12-10-17)20-16-7-5-4-6-8-16;13-10-6-8-12(9-7-10)14-11-4-2-1-3-5-11/h4-12,14-15,19-20H,13H2,1-3H3;1-9,14H,13H2. The molecule has 1 atom stereocenters. The van der Waals surface area contributed by atoms with E-state index in [1.54, 1.807) is 0 Å². The van der Waals surface area contributed by atoms with Gasteiger partial charge in [0.25, 0.3) is 0 Å². The molecular weight excluding hydrogens is 416 g/mol. The van der Waals surface area contributed by atoms with Crippen LogP contribution in [0.25, 0.3) is 0 Å². The van der Waals surface area contributed by atoms with Gasteiger partial charge in [0.2, 0.25) is 0 Å². The molecule has 4 aromatic carbocycles. The Hall–Kier alpha value is -3.92. The van der Waals surface area contributed by atoms with Gasteiger partial charge >= 0.3 is 0 Å². The van der Waals surface area contributed by atoms with Gasteiger partial charge in [-0.1, -0.05) is 50.2 Å². The van der Waals surface area contributed by atoms with Crippen LogP contribution in [0.15, 0.2) is 109 Å². The molecule has 4 aromatic rings. The number of para-hydroxylation sites is 2. The third kappa shape index (κ3) is 8.91. The maximum atomic E-state index is 5.59. The zero-order valence-corrected chi connectivity index (χ0v) is 20.3. The monoisotopic (exact) mass is 452 g/mol. The van der Waals surface area contributed by atoms with Gasteiger partial charge < -0.3 is 21.7 Å². The van der Waals surface area contributed by atoms with Crippen LogP contribution in [0.2, 0.25) is 0 Å². The molecule has 4 heteroatoms. The number of nitrogens with two attached hydrogens (primary N) is 1. The van der Waals surface area contributed by atoms with Crippen LogP contribution in [-0.2, 0) is 0 Å². The summed E-state index contributed by atoms with van der Waals surface area (Å²) in [5.41, 5.74) is 11.9. The van der Waals surface area contributed by atoms with Crippen molar-refractivity contribution in [2.24, 2.45) is 5.92 Å². The molecule has 34 heavy (non-hydrogen) atoms. The quantitative estimate of drug-likeness (QED) is 0.203. The molecule has 0 aliphatic rings. The zero-order chi connectivity index (χ0) is 24.2. The number of hydrogen-bond acceptors (Lipinski definition) is 4. The molecule has 5 N–H and O–H groups in total. The number of rotatable bonds is 8. The Balaban J connectivity index is 0.000000202. The zero-order valence-electron chi connectivity index (χ0n) is 20.3. The fourth-order valence-electron chi connectivity index (χ4n) is 3.64. The number of anilines is 6. The van der Waals surface area contributed by atoms with Crippen LogP contribution in [0.5, 0.6) is 0 Å². The Labute approximate surface area is 204 Å². The van der Waals surface area contributed by atoms with Crippen molar-refractivity contribution in [3.05, 3.63) is 109 Å². The van der Waals surface area contributed by atoms with Crippen molar-refractivity contribution < 1.29 is 0 Å². The largest absolute Gasteiger partial charge is 0.399 e. The SMILES string of the molecule is CC(C)CC(C)Nc1ccc(Nc2ccccc2)cc1.Nc1ccc(Nc2ccccc2)cc1. The van der Waals surface area contributed by atoms with Gasteiger partial charge in [-0.05, 0) is 92.1 Å². The molecule has 176 valence electrons. The summed E-state index contributed by atoms with van der Waals surface area (Å²) in [4.78, 5) is 0. The number of nitrogen functional groups attached to an aromatic ring is 1. The molecule has 0 amide bonds. The summed E-state index contributed by atoms with van der Waals surface area (Å²) in [6.07, 6.45) is 1.18. The molecule has 0 bridgehead atoms. The Morgan fingerprint density at radius 3 is 1.35 bits per heavy atom. The second-order valence-corrected chi connectivity index (χ2v) is 8.86. The molecule has 1 unspecified atom stereocenters. The predicted molar refractivity (Wildman–Crippen MR) is 149 cm³/mol. The molecule has 0 fully saturated rings. The van der Waals surface area contributed by atoms with Gasteiger partial charge in [-0.3, -0.25) is 0 Å². The molecule has 0 aliphatic carbocycles.